The molecule has 0 radical (unpaired) electrons. The first-order valence-electron chi connectivity index (χ1n) is 11.0. The number of carbonyl (C=O) groups excluding carboxylic acids is 2. The lowest BCUT2D eigenvalue weighted by Crippen LogP contribution is -2.14. The van der Waals surface area contributed by atoms with Crippen LogP contribution in [0, 0.1) is 13.9 Å². The van der Waals surface area contributed by atoms with E-state index in [0.29, 0.717) is 29.9 Å². The predicted molar refractivity (Wildman–Crippen MR) is 137 cm³/mol. The zero-order chi connectivity index (χ0) is 25.8. The van der Waals surface area contributed by atoms with Gasteiger partial charge in [-0.25, -0.2) is 0 Å². The minimum Gasteiger partial charge on any atom is -0.489 e. The third-order valence-electron chi connectivity index (χ3n) is 4.72. The number of para-hydroxylation sites is 1. The number of hydrogen-bond donors (Lipinski definition) is 0. The molecule has 0 fully saturated rings. The summed E-state index contributed by atoms with van der Waals surface area (Å²) in [6.45, 7) is 0.235. The molecule has 0 bridgehead atoms. The third-order valence-corrected chi connectivity index (χ3v) is 7.63. The summed E-state index contributed by atoms with van der Waals surface area (Å²) in [6.07, 6.45) is 0.525. The van der Waals surface area contributed by atoms with Gasteiger partial charge in [-0.2, -0.15) is 0 Å². The van der Waals surface area contributed by atoms with E-state index in [2.05, 4.69) is 4.84 Å². The van der Waals surface area contributed by atoms with Gasteiger partial charge in [0.05, 0.1) is 26.1 Å². The fourth-order valence-corrected chi connectivity index (χ4v) is 5.35. The van der Waals surface area contributed by atoms with Gasteiger partial charge in [-0.3, -0.25) is 9.59 Å². The molecular weight excluding hydrogens is 526 g/mol. The van der Waals surface area contributed by atoms with E-state index in [1.54, 1.807) is 38.9 Å². The van der Waals surface area contributed by atoms with Gasteiger partial charge in [-0.1, -0.05) is 51.1 Å². The van der Waals surface area contributed by atoms with Gasteiger partial charge < -0.3 is 19.0 Å². The minimum absolute atomic E-state index is 0.0584. The normalized spacial score (nSPS) is 10.4. The highest BCUT2D eigenvalue weighted by molar-refractivity contribution is 7.80. The van der Waals surface area contributed by atoms with Crippen LogP contribution in [0.5, 0.6) is 11.5 Å². The molecule has 1 heterocycles. The van der Waals surface area contributed by atoms with Crippen LogP contribution in [0.2, 0.25) is 0 Å². The number of hydrogen-bond acceptors (Lipinski definition) is 11. The Labute approximate surface area is 219 Å². The van der Waals surface area contributed by atoms with E-state index in [4.69, 9.17) is 26.4 Å². The molecular formula is C24H23NO8S3. The molecule has 0 aliphatic carbocycles. The minimum atomic E-state index is -0.871. The number of carbonyl (C=O) groups is 2. The van der Waals surface area contributed by atoms with Crippen LogP contribution < -0.4 is 9.47 Å². The van der Waals surface area contributed by atoms with E-state index < -0.39 is 17.0 Å². The van der Waals surface area contributed by atoms with E-state index >= 15 is 0 Å². The Balaban J connectivity index is 1.41. The van der Waals surface area contributed by atoms with Crippen molar-refractivity contribution < 1.29 is 33.7 Å². The molecule has 0 saturated carbocycles. The highest BCUT2D eigenvalue weighted by atomic mass is 32.9. The molecule has 0 N–H and O–H groups in total. The lowest BCUT2D eigenvalue weighted by molar-refractivity contribution is -0.757. The summed E-state index contributed by atoms with van der Waals surface area (Å²) in [6, 6.07) is 16.7. The van der Waals surface area contributed by atoms with Gasteiger partial charge in [-0.05, 0) is 54.8 Å². The fourth-order valence-electron chi connectivity index (χ4n) is 2.95. The molecule has 2 aromatic carbocycles. The number of benzene rings is 2. The fraction of sp³-hybridized carbons (Fsp3) is 0.292. The topological polar surface area (TPSA) is 114 Å². The Morgan fingerprint density at radius 2 is 1.67 bits per heavy atom. The Morgan fingerprint density at radius 1 is 0.944 bits per heavy atom. The van der Waals surface area contributed by atoms with Crippen LogP contribution in [-0.4, -0.2) is 30.2 Å². The van der Waals surface area contributed by atoms with Gasteiger partial charge in [0.25, 0.3) is 5.09 Å². The summed E-state index contributed by atoms with van der Waals surface area (Å²) < 4.78 is 17.2. The monoisotopic (exact) mass is 549 g/mol. The maximum atomic E-state index is 12.2. The first-order valence-corrected chi connectivity index (χ1v) is 13.5. The van der Waals surface area contributed by atoms with Crippen molar-refractivity contribution in [1.82, 2.24) is 0 Å². The molecule has 1 aromatic heterocycles. The van der Waals surface area contributed by atoms with Gasteiger partial charge in [-0.15, -0.1) is 10.1 Å². The molecule has 12 heteroatoms. The molecule has 0 aliphatic rings. The van der Waals surface area contributed by atoms with Gasteiger partial charge in [0, 0.05) is 10.4 Å². The maximum absolute atomic E-state index is 12.2. The summed E-state index contributed by atoms with van der Waals surface area (Å²) >= 11 is 5.19. The Hall–Kier alpha value is -3.35. The number of ether oxygens (including phenoxy) is 3. The Bertz CT molecular complexity index is 1220. The third kappa shape index (κ3) is 9.36. The van der Waals surface area contributed by atoms with Crippen LogP contribution in [0.15, 0.2) is 54.6 Å². The molecule has 9 nitrogen and oxygen atoms in total. The molecule has 0 atom stereocenters. The Kier molecular flexibility index (Phi) is 10.8. The van der Waals surface area contributed by atoms with E-state index in [1.165, 1.54) is 0 Å². The van der Waals surface area contributed by atoms with Crippen molar-refractivity contribution in [2.75, 3.05) is 13.2 Å². The number of rotatable bonds is 14. The van der Waals surface area contributed by atoms with Gasteiger partial charge in [0.1, 0.15) is 21.9 Å². The average molecular weight is 550 g/mol. The van der Waals surface area contributed by atoms with Crippen molar-refractivity contribution in [3.8, 4) is 21.9 Å². The van der Waals surface area contributed by atoms with Crippen LogP contribution >= 0.6 is 32.9 Å². The van der Waals surface area contributed by atoms with Gasteiger partial charge in [0.2, 0.25) is 0 Å². The van der Waals surface area contributed by atoms with E-state index in [1.807, 2.05) is 36.4 Å². The van der Waals surface area contributed by atoms with Gasteiger partial charge in [0.15, 0.2) is 0 Å². The van der Waals surface area contributed by atoms with Crippen molar-refractivity contribution in [3.63, 3.8) is 0 Å². The molecule has 0 saturated heterocycles. The van der Waals surface area contributed by atoms with E-state index in [-0.39, 0.29) is 32.7 Å². The molecule has 3 rings (SSSR count). The summed E-state index contributed by atoms with van der Waals surface area (Å²) in [5.74, 6) is -0.0848. The van der Waals surface area contributed by atoms with E-state index in [0.717, 1.165) is 14.3 Å². The maximum Gasteiger partial charge on any atom is 0.311 e. The second-order valence-corrected chi connectivity index (χ2v) is 10.3. The van der Waals surface area contributed by atoms with E-state index in [9.17, 15) is 19.7 Å². The second kappa shape index (κ2) is 14.3. The highest BCUT2D eigenvalue weighted by Crippen LogP contribution is 2.31. The van der Waals surface area contributed by atoms with Crippen LogP contribution in [0.3, 0.4) is 0 Å². The molecule has 190 valence electrons. The lowest BCUT2D eigenvalue weighted by atomic mass is 10.2. The quantitative estimate of drug-likeness (QED) is 0.0454. The summed E-state index contributed by atoms with van der Waals surface area (Å²) in [5.41, 5.74) is 1.75. The standard InChI is InChI=1S/C24H23NO8S3/c26-22(30-13-3-4-14-32-25(28)29)11-12-23(27)33-20-6-2-1-5-18(20)16-31-19-9-7-17(8-10-19)21-15-24(34)36-35-21/h1-2,5-10,15H,3-4,11-14,16H2. The van der Waals surface area contributed by atoms with Crippen molar-refractivity contribution in [3.05, 3.63) is 74.1 Å². The molecule has 0 aliphatic heterocycles. The van der Waals surface area contributed by atoms with Crippen LogP contribution in [-0.2, 0) is 25.8 Å². The zero-order valence-corrected chi connectivity index (χ0v) is 21.5. The summed E-state index contributed by atoms with van der Waals surface area (Å²) in [7, 11) is 3.20. The number of nitrogens with zero attached hydrogens (tertiary/aromatic N) is 1. The van der Waals surface area contributed by atoms with Crippen LogP contribution in [0.1, 0.15) is 31.2 Å². The summed E-state index contributed by atoms with van der Waals surface area (Å²) in [4.78, 5) is 39.4. The van der Waals surface area contributed by atoms with Gasteiger partial charge >= 0.3 is 11.9 Å². The smallest absolute Gasteiger partial charge is 0.311 e. The molecule has 36 heavy (non-hydrogen) atoms. The first-order chi connectivity index (χ1) is 17.4. The average Bonchev–Trinajstić information content (AvgIpc) is 3.30. The van der Waals surface area contributed by atoms with Crippen LogP contribution in [0.25, 0.3) is 10.4 Å². The summed E-state index contributed by atoms with van der Waals surface area (Å²) in [5, 5.41) is 9.17. The first kappa shape index (κ1) is 27.2. The van der Waals surface area contributed by atoms with Crippen molar-refractivity contribution in [2.45, 2.75) is 32.3 Å². The largest absolute Gasteiger partial charge is 0.489 e. The van der Waals surface area contributed by atoms with Crippen LogP contribution in [0.4, 0.5) is 0 Å². The molecule has 0 amide bonds. The molecule has 0 spiro atoms. The molecule has 0 unspecified atom stereocenters. The van der Waals surface area contributed by atoms with Crippen molar-refractivity contribution >= 4 is 44.8 Å². The molecule has 3 aromatic rings. The highest BCUT2D eigenvalue weighted by Gasteiger charge is 2.13. The Morgan fingerprint density at radius 3 is 2.39 bits per heavy atom. The van der Waals surface area contributed by atoms with Crippen molar-refractivity contribution in [1.29, 1.82) is 0 Å². The number of esters is 2. The second-order valence-electron chi connectivity index (χ2n) is 7.37. The predicted octanol–water partition coefficient (Wildman–Crippen LogP) is 6.00. The van der Waals surface area contributed by atoms with Crippen molar-refractivity contribution in [2.24, 2.45) is 0 Å². The lowest BCUT2D eigenvalue weighted by Gasteiger charge is -2.12. The SMILES string of the molecule is O=C(CCC(=O)Oc1ccccc1COc1ccc(-c2cc(=S)ss2)cc1)OCCCCO[N+](=O)[O-]. The number of unbranched alkanes of at least 4 members (excludes halogenated alkanes) is 1. The zero-order valence-electron chi connectivity index (χ0n) is 19.1.